The quantitative estimate of drug-likeness (QED) is 0.142. The van der Waals surface area contributed by atoms with Crippen molar-refractivity contribution >= 4 is 0 Å². The first kappa shape index (κ1) is 33.0. The summed E-state index contributed by atoms with van der Waals surface area (Å²) in [6.07, 6.45) is 26.4. The van der Waals surface area contributed by atoms with Gasteiger partial charge in [-0.05, 0) is 80.0 Å². The van der Waals surface area contributed by atoms with Crippen LogP contribution in [0.4, 0.5) is 0 Å². The predicted molar refractivity (Wildman–Crippen MR) is 158 cm³/mol. The molecule has 4 saturated carbocycles. The molecule has 12 heteroatoms. The van der Waals surface area contributed by atoms with Crippen molar-refractivity contribution in [3.05, 3.63) is 6.42 Å². The molecule has 4 aliphatic carbocycles. The van der Waals surface area contributed by atoms with E-state index in [1.54, 1.807) is 0 Å². The van der Waals surface area contributed by atoms with Crippen LogP contribution in [0.15, 0.2) is 0 Å². The van der Waals surface area contributed by atoms with Gasteiger partial charge in [0.1, 0.15) is 0 Å². The first-order valence-corrected chi connectivity index (χ1v) is 19.4. The minimum atomic E-state index is -2.00. The van der Waals surface area contributed by atoms with Gasteiger partial charge in [0.2, 0.25) is 0 Å². The van der Waals surface area contributed by atoms with Crippen LogP contribution in [0.2, 0.25) is 0 Å². The molecule has 5 heterocycles. The number of hydrogen-bond acceptors (Lipinski definition) is 10. The van der Waals surface area contributed by atoms with E-state index in [4.69, 9.17) is 6.65 Å². The fraction of sp³-hybridized carbons (Fsp3) is 0.969. The molecule has 0 radical (unpaired) electrons. The van der Waals surface area contributed by atoms with Crippen molar-refractivity contribution in [2.45, 2.75) is 146 Å². The zero-order valence-corrected chi connectivity index (χ0v) is 28.6. The number of nitrogens with one attached hydrogen (secondary N) is 8. The zero-order valence-electron chi connectivity index (χ0n) is 26.1. The molecule has 44 heavy (non-hydrogen) atoms. The molecule has 0 aromatic heterocycles. The normalized spacial score (nSPS) is 52.5. The Labute approximate surface area is 282 Å². The van der Waals surface area contributed by atoms with Crippen LogP contribution in [0.25, 0.3) is 0 Å². The standard InChI is InChI=1S/C32H55N8.Ni.2O.Ti/c1-2-10-18-17(9-1)25-33-26(18)38-28-21-13-5-6-14-22(21)30(35-28)40-32-24-16-8-7-15-23(24)31(36-32)39-29-20-12-4-3-11-19(20)27(34-29)37-25;;;;/h9,17-40H,1-8,10-16H2;;;;/q-1;;;;. The molecule has 0 amide bonds. The van der Waals surface area contributed by atoms with E-state index in [1.807, 2.05) is 0 Å². The molecule has 16 atom stereocenters. The second kappa shape index (κ2) is 14.5. The average molecular weight is 690 g/mol. The SMILES string of the molecule is [CH-]1CCCC2C3NC(NC4NC(NC5NC(NC6NC(N3)C3CCCCC63)C3CCCCC53)C3CCCCC43)C12.[Ni].[O]=[Ti]=[O]. The molecule has 0 spiro atoms. The van der Waals surface area contributed by atoms with Gasteiger partial charge in [0.15, 0.2) is 0 Å². The fourth-order valence-corrected chi connectivity index (χ4v) is 11.7. The molecule has 0 aromatic carbocycles. The Morgan fingerprint density at radius 2 is 0.636 bits per heavy atom. The molecule has 10 nitrogen and oxygen atoms in total. The molecule has 5 aliphatic heterocycles. The van der Waals surface area contributed by atoms with Crippen LogP contribution >= 0.6 is 0 Å². The van der Waals surface area contributed by atoms with Gasteiger partial charge >= 0.3 is 25.7 Å². The van der Waals surface area contributed by atoms with Crippen LogP contribution in [-0.2, 0) is 42.2 Å². The number of hydrogen-bond donors (Lipinski definition) is 8. The molecule has 0 aromatic rings. The summed E-state index contributed by atoms with van der Waals surface area (Å²) in [4.78, 5) is 0. The fourth-order valence-electron chi connectivity index (χ4n) is 11.7. The third-order valence-corrected chi connectivity index (χ3v) is 13.6. The third kappa shape index (κ3) is 6.21. The Bertz CT molecular complexity index is 817. The third-order valence-electron chi connectivity index (χ3n) is 13.6. The summed E-state index contributed by atoms with van der Waals surface area (Å²) in [5, 5.41) is 33.7. The molecule has 9 aliphatic rings. The van der Waals surface area contributed by atoms with Crippen molar-refractivity contribution in [1.82, 2.24) is 42.5 Å². The maximum atomic E-state index is 8.50. The number of fused-ring (bicyclic) bond motifs is 20. The van der Waals surface area contributed by atoms with Gasteiger partial charge in [-0.2, -0.15) is 6.42 Å². The summed E-state index contributed by atoms with van der Waals surface area (Å²) >= 11 is -2.00. The first-order valence-electron chi connectivity index (χ1n) is 18.1. The first-order chi connectivity index (χ1) is 21.2. The van der Waals surface area contributed by atoms with Gasteiger partial charge in [-0.3, -0.25) is 42.5 Å². The Morgan fingerprint density at radius 1 is 0.386 bits per heavy atom. The molecular weight excluding hydrogens is 635 g/mol. The Morgan fingerprint density at radius 3 is 0.955 bits per heavy atom. The Kier molecular flexibility index (Phi) is 10.9. The van der Waals surface area contributed by atoms with Gasteiger partial charge in [-0.1, -0.05) is 51.4 Å². The molecular formula is C32H55N8NiO2Ti-. The van der Waals surface area contributed by atoms with E-state index in [1.165, 1.54) is 96.3 Å². The van der Waals surface area contributed by atoms with E-state index < -0.39 is 19.1 Å². The van der Waals surface area contributed by atoms with Crippen molar-refractivity contribution in [2.75, 3.05) is 0 Å². The molecule has 9 rings (SSSR count). The van der Waals surface area contributed by atoms with Crippen molar-refractivity contribution in [3.63, 3.8) is 0 Å². The summed E-state index contributed by atoms with van der Waals surface area (Å²) < 4.78 is 17.0. The van der Waals surface area contributed by atoms with E-state index in [9.17, 15) is 0 Å². The van der Waals surface area contributed by atoms with Crippen molar-refractivity contribution in [3.8, 4) is 0 Å². The molecule has 16 unspecified atom stereocenters. The Hall–Kier alpha value is 0.488. The van der Waals surface area contributed by atoms with Gasteiger partial charge in [-0.25, -0.2) is 0 Å². The van der Waals surface area contributed by atoms with Gasteiger partial charge in [0.25, 0.3) is 0 Å². The predicted octanol–water partition coefficient (Wildman–Crippen LogP) is 2.18. The van der Waals surface area contributed by atoms with Gasteiger partial charge in [0.05, 0.1) is 43.2 Å². The summed E-state index contributed by atoms with van der Waals surface area (Å²) in [5.41, 5.74) is 0. The molecule has 250 valence electrons. The second-order valence-corrected chi connectivity index (χ2v) is 15.7. The summed E-state index contributed by atoms with van der Waals surface area (Å²) in [5.74, 6) is 5.74. The Balaban J connectivity index is 0.000000753. The topological polar surface area (TPSA) is 130 Å². The van der Waals surface area contributed by atoms with Crippen LogP contribution in [0.3, 0.4) is 0 Å². The van der Waals surface area contributed by atoms with E-state index in [0.29, 0.717) is 61.2 Å². The van der Waals surface area contributed by atoms with Gasteiger partial charge in [0, 0.05) is 22.7 Å². The van der Waals surface area contributed by atoms with Crippen LogP contribution in [-0.4, -0.2) is 49.3 Å². The van der Waals surface area contributed by atoms with Crippen LogP contribution in [0.1, 0.15) is 96.3 Å². The molecule has 5 saturated heterocycles. The molecule has 8 bridgehead atoms. The van der Waals surface area contributed by atoms with Crippen molar-refractivity contribution in [2.24, 2.45) is 47.3 Å². The monoisotopic (exact) mass is 689 g/mol. The van der Waals surface area contributed by atoms with E-state index >= 15 is 0 Å². The van der Waals surface area contributed by atoms with Crippen LogP contribution in [0, 0.1) is 53.8 Å². The van der Waals surface area contributed by atoms with E-state index in [2.05, 4.69) is 49.0 Å². The van der Waals surface area contributed by atoms with Gasteiger partial charge < -0.3 is 6.42 Å². The van der Waals surface area contributed by atoms with Crippen LogP contribution < -0.4 is 42.5 Å². The average Bonchev–Trinajstić information content (AvgIpc) is 3.77. The van der Waals surface area contributed by atoms with E-state index in [-0.39, 0.29) is 16.5 Å². The van der Waals surface area contributed by atoms with E-state index in [0.717, 1.165) is 35.5 Å². The van der Waals surface area contributed by atoms with Crippen molar-refractivity contribution < 1.29 is 42.2 Å². The van der Waals surface area contributed by atoms with Crippen molar-refractivity contribution in [1.29, 1.82) is 0 Å². The number of rotatable bonds is 0. The summed E-state index contributed by atoms with van der Waals surface area (Å²) in [6, 6.07) is 0. The molecule has 9 fully saturated rings. The van der Waals surface area contributed by atoms with Gasteiger partial charge in [-0.15, -0.1) is 5.92 Å². The maximum absolute atomic E-state index is 8.50. The van der Waals surface area contributed by atoms with Crippen LogP contribution in [0.5, 0.6) is 0 Å². The zero-order chi connectivity index (χ0) is 28.9. The second-order valence-electron chi connectivity index (χ2n) is 15.5. The summed E-state index contributed by atoms with van der Waals surface area (Å²) in [7, 11) is 0. The minimum absolute atomic E-state index is 0. The summed E-state index contributed by atoms with van der Waals surface area (Å²) in [6.45, 7) is 0. The molecule has 8 N–H and O–H groups in total.